The molecule has 2 aromatic heterocycles. The van der Waals surface area contributed by atoms with Crippen LogP contribution >= 0.6 is 11.3 Å². The Labute approximate surface area is 149 Å². The normalized spacial score (nSPS) is 10.8. The average molecular weight is 348 g/mol. The van der Waals surface area contributed by atoms with E-state index in [9.17, 15) is 0 Å². The summed E-state index contributed by atoms with van der Waals surface area (Å²) in [6.45, 7) is 0. The first-order valence-corrected chi connectivity index (χ1v) is 8.64. The third-order valence-corrected chi connectivity index (χ3v) is 5.05. The van der Waals surface area contributed by atoms with Crippen LogP contribution in [0.5, 0.6) is 11.5 Å². The number of ether oxygens (including phenoxy) is 2. The van der Waals surface area contributed by atoms with Crippen molar-refractivity contribution in [3.05, 3.63) is 60.8 Å². The number of nitrogens with zero attached hydrogens (tertiary/aromatic N) is 2. The minimum Gasteiger partial charge on any atom is -0.497 e. The van der Waals surface area contributed by atoms with Gasteiger partial charge in [0.1, 0.15) is 16.5 Å². The van der Waals surface area contributed by atoms with Gasteiger partial charge in [0, 0.05) is 17.3 Å². The maximum Gasteiger partial charge on any atom is 0.126 e. The molecule has 0 bridgehead atoms. The summed E-state index contributed by atoms with van der Waals surface area (Å²) < 4.78 is 11.6. The smallest absolute Gasteiger partial charge is 0.126 e. The fourth-order valence-electron chi connectivity index (χ4n) is 2.70. The Morgan fingerprint density at radius 3 is 2.40 bits per heavy atom. The lowest BCUT2D eigenvalue weighted by Crippen LogP contribution is -1.89. The molecule has 0 spiro atoms. The number of thiazole rings is 1. The van der Waals surface area contributed by atoms with Gasteiger partial charge in [0.15, 0.2) is 0 Å². The van der Waals surface area contributed by atoms with Crippen LogP contribution < -0.4 is 9.47 Å². The van der Waals surface area contributed by atoms with Crippen LogP contribution in [-0.2, 0) is 0 Å². The summed E-state index contributed by atoms with van der Waals surface area (Å²) in [5.74, 6) is 1.66. The maximum absolute atomic E-state index is 5.31. The van der Waals surface area contributed by atoms with Gasteiger partial charge in [-0.3, -0.25) is 4.98 Å². The van der Waals surface area contributed by atoms with Gasteiger partial charge in [-0.1, -0.05) is 0 Å². The molecule has 0 fully saturated rings. The lowest BCUT2D eigenvalue weighted by molar-refractivity contribution is 0.415. The largest absolute Gasteiger partial charge is 0.497 e. The van der Waals surface area contributed by atoms with E-state index >= 15 is 0 Å². The molecule has 2 aromatic carbocycles. The number of aromatic nitrogens is 2. The summed E-state index contributed by atoms with van der Waals surface area (Å²) in [7, 11) is 3.34. The summed E-state index contributed by atoms with van der Waals surface area (Å²) in [5.41, 5.74) is 3.93. The van der Waals surface area contributed by atoms with Crippen molar-refractivity contribution in [1.82, 2.24) is 9.97 Å². The molecule has 0 aliphatic rings. The molecule has 0 radical (unpaired) electrons. The highest BCUT2D eigenvalue weighted by molar-refractivity contribution is 7.21. The number of hydrogen-bond acceptors (Lipinski definition) is 5. The molecule has 0 aliphatic carbocycles. The van der Waals surface area contributed by atoms with E-state index in [-0.39, 0.29) is 0 Å². The van der Waals surface area contributed by atoms with Gasteiger partial charge in [-0.15, -0.1) is 11.3 Å². The second-order valence-corrected chi connectivity index (χ2v) is 6.51. The van der Waals surface area contributed by atoms with Gasteiger partial charge in [-0.05, 0) is 54.6 Å². The molecule has 0 amide bonds. The molecule has 0 saturated carbocycles. The summed E-state index contributed by atoms with van der Waals surface area (Å²) >= 11 is 1.64. The highest BCUT2D eigenvalue weighted by atomic mass is 32.1. The fraction of sp³-hybridized carbons (Fsp3) is 0.100. The molecule has 0 atom stereocenters. The summed E-state index contributed by atoms with van der Waals surface area (Å²) in [6.07, 6.45) is 1.80. The Morgan fingerprint density at radius 1 is 0.880 bits per heavy atom. The van der Waals surface area contributed by atoms with Crippen molar-refractivity contribution < 1.29 is 9.47 Å². The molecule has 2 heterocycles. The Kier molecular flexibility index (Phi) is 4.07. The first kappa shape index (κ1) is 15.6. The average Bonchev–Trinajstić information content (AvgIpc) is 3.11. The summed E-state index contributed by atoms with van der Waals surface area (Å²) in [5, 5.41) is 0.946. The number of hydrogen-bond donors (Lipinski definition) is 0. The Bertz CT molecular complexity index is 1030. The molecule has 0 saturated heterocycles. The van der Waals surface area contributed by atoms with E-state index in [2.05, 4.69) is 11.1 Å². The standard InChI is InChI=1S/C20H16N2O2S/c1-23-14-7-5-13(6-8-14)19-16(4-3-11-21-19)20-22-17-10-9-15(24-2)12-18(17)25-20/h3-12H,1-2H3. The van der Waals surface area contributed by atoms with Crippen LogP contribution in [0.1, 0.15) is 0 Å². The van der Waals surface area contributed by atoms with Crippen molar-refractivity contribution in [3.8, 4) is 33.3 Å². The molecule has 4 nitrogen and oxygen atoms in total. The zero-order valence-electron chi connectivity index (χ0n) is 13.9. The molecule has 4 aromatic rings. The molecule has 0 aliphatic heterocycles. The lowest BCUT2D eigenvalue weighted by Gasteiger charge is -2.07. The second kappa shape index (κ2) is 6.53. The van der Waals surface area contributed by atoms with Gasteiger partial charge in [-0.2, -0.15) is 0 Å². The number of benzene rings is 2. The number of rotatable bonds is 4. The Morgan fingerprint density at radius 2 is 1.64 bits per heavy atom. The fourth-order valence-corrected chi connectivity index (χ4v) is 3.72. The molecular weight excluding hydrogens is 332 g/mol. The minimum absolute atomic E-state index is 0.827. The van der Waals surface area contributed by atoms with Crippen LogP contribution in [0.2, 0.25) is 0 Å². The van der Waals surface area contributed by atoms with E-state index in [4.69, 9.17) is 14.5 Å². The molecule has 5 heteroatoms. The second-order valence-electron chi connectivity index (χ2n) is 5.48. The van der Waals surface area contributed by atoms with Crippen molar-refractivity contribution in [2.45, 2.75) is 0 Å². The third-order valence-electron chi connectivity index (χ3n) is 4.00. The number of pyridine rings is 1. The van der Waals surface area contributed by atoms with E-state index in [1.165, 1.54) is 0 Å². The zero-order chi connectivity index (χ0) is 17.2. The van der Waals surface area contributed by atoms with E-state index < -0.39 is 0 Å². The van der Waals surface area contributed by atoms with Crippen molar-refractivity contribution in [1.29, 1.82) is 0 Å². The van der Waals surface area contributed by atoms with E-state index in [0.29, 0.717) is 0 Å². The Hall–Kier alpha value is -2.92. The highest BCUT2D eigenvalue weighted by Crippen LogP contribution is 2.36. The predicted octanol–water partition coefficient (Wildman–Crippen LogP) is 5.04. The first-order valence-electron chi connectivity index (χ1n) is 7.83. The monoisotopic (exact) mass is 348 g/mol. The molecule has 0 N–H and O–H groups in total. The van der Waals surface area contributed by atoms with Crippen molar-refractivity contribution in [3.63, 3.8) is 0 Å². The van der Waals surface area contributed by atoms with Gasteiger partial charge in [0.05, 0.1) is 30.1 Å². The Balaban J connectivity index is 1.82. The predicted molar refractivity (Wildman–Crippen MR) is 101 cm³/mol. The van der Waals surface area contributed by atoms with Crippen LogP contribution in [0.3, 0.4) is 0 Å². The zero-order valence-corrected chi connectivity index (χ0v) is 14.7. The van der Waals surface area contributed by atoms with Crippen molar-refractivity contribution in [2.75, 3.05) is 14.2 Å². The summed E-state index contributed by atoms with van der Waals surface area (Å²) in [6, 6.07) is 17.8. The van der Waals surface area contributed by atoms with Crippen LogP contribution in [0.15, 0.2) is 60.8 Å². The van der Waals surface area contributed by atoms with Crippen LogP contribution in [0.25, 0.3) is 32.0 Å². The SMILES string of the molecule is COc1ccc(-c2ncccc2-c2nc3ccc(OC)cc3s2)cc1. The van der Waals surface area contributed by atoms with Gasteiger partial charge < -0.3 is 9.47 Å². The number of fused-ring (bicyclic) bond motifs is 1. The van der Waals surface area contributed by atoms with E-state index in [0.717, 1.165) is 43.5 Å². The first-order chi connectivity index (χ1) is 12.3. The number of methoxy groups -OCH3 is 2. The molecule has 124 valence electrons. The lowest BCUT2D eigenvalue weighted by atomic mass is 10.1. The minimum atomic E-state index is 0.827. The third kappa shape index (κ3) is 2.94. The summed E-state index contributed by atoms with van der Waals surface area (Å²) in [4.78, 5) is 9.36. The van der Waals surface area contributed by atoms with Crippen LogP contribution in [0.4, 0.5) is 0 Å². The van der Waals surface area contributed by atoms with Gasteiger partial charge >= 0.3 is 0 Å². The van der Waals surface area contributed by atoms with Crippen molar-refractivity contribution in [2.24, 2.45) is 0 Å². The highest BCUT2D eigenvalue weighted by Gasteiger charge is 2.13. The molecule has 0 unspecified atom stereocenters. The molecular formula is C20H16N2O2S. The molecule has 4 rings (SSSR count). The van der Waals surface area contributed by atoms with Gasteiger partial charge in [0.25, 0.3) is 0 Å². The van der Waals surface area contributed by atoms with Crippen molar-refractivity contribution >= 4 is 21.6 Å². The van der Waals surface area contributed by atoms with Gasteiger partial charge in [0.2, 0.25) is 0 Å². The topological polar surface area (TPSA) is 44.2 Å². The quantitative estimate of drug-likeness (QED) is 0.518. The van der Waals surface area contributed by atoms with Crippen LogP contribution in [-0.4, -0.2) is 24.2 Å². The van der Waals surface area contributed by atoms with Crippen LogP contribution in [0, 0.1) is 0 Å². The van der Waals surface area contributed by atoms with E-state index in [1.807, 2.05) is 48.5 Å². The maximum atomic E-state index is 5.31. The van der Waals surface area contributed by atoms with E-state index in [1.54, 1.807) is 31.8 Å². The van der Waals surface area contributed by atoms with Gasteiger partial charge in [-0.25, -0.2) is 4.98 Å². The molecule has 25 heavy (non-hydrogen) atoms.